The van der Waals surface area contributed by atoms with Crippen LogP contribution in [0.15, 0.2) is 34.2 Å². The number of nitrogens with zero attached hydrogens (tertiary/aromatic N) is 2. The Labute approximate surface area is 171 Å². The Morgan fingerprint density at radius 1 is 1.31 bits per heavy atom. The van der Waals surface area contributed by atoms with Crippen LogP contribution in [-0.2, 0) is 14.8 Å². The third-order valence-corrected chi connectivity index (χ3v) is 5.62. The van der Waals surface area contributed by atoms with E-state index in [4.69, 9.17) is 4.74 Å². The molecular formula is C18H29N5O5S. The third kappa shape index (κ3) is 8.75. The second kappa shape index (κ2) is 11.7. The standard InChI is InChI=1S/C18H29N5O5S/c1-2-19-18(20-9-4-12-28-14-15-7-8-15)21-10-11-22-29(26,27)17-6-3-5-16(13-17)23(24)25/h3,5-6,13,15,22H,2,4,7-12,14H2,1H3,(H2,19,20,21). The maximum atomic E-state index is 12.3. The highest BCUT2D eigenvalue weighted by atomic mass is 32.2. The number of hydrogen-bond donors (Lipinski definition) is 3. The van der Waals surface area contributed by atoms with Crippen molar-refractivity contribution in [2.24, 2.45) is 10.9 Å². The molecule has 11 heteroatoms. The molecule has 1 aliphatic carbocycles. The van der Waals surface area contributed by atoms with Crippen molar-refractivity contribution in [2.75, 3.05) is 39.4 Å². The van der Waals surface area contributed by atoms with E-state index in [-0.39, 0.29) is 17.1 Å². The van der Waals surface area contributed by atoms with Crippen LogP contribution in [0, 0.1) is 16.0 Å². The van der Waals surface area contributed by atoms with Crippen molar-refractivity contribution in [3.05, 3.63) is 34.4 Å². The predicted molar refractivity (Wildman–Crippen MR) is 110 cm³/mol. The molecule has 29 heavy (non-hydrogen) atoms. The first-order valence-electron chi connectivity index (χ1n) is 9.76. The van der Waals surface area contributed by atoms with Crippen molar-refractivity contribution in [3.8, 4) is 0 Å². The number of nitrogens with one attached hydrogen (secondary N) is 3. The van der Waals surface area contributed by atoms with Gasteiger partial charge in [0, 0.05) is 51.5 Å². The van der Waals surface area contributed by atoms with Crippen molar-refractivity contribution in [1.29, 1.82) is 0 Å². The van der Waals surface area contributed by atoms with Crippen LogP contribution in [0.25, 0.3) is 0 Å². The van der Waals surface area contributed by atoms with E-state index in [9.17, 15) is 18.5 Å². The van der Waals surface area contributed by atoms with Gasteiger partial charge in [0.1, 0.15) is 0 Å². The number of nitro benzene ring substituents is 1. The molecule has 0 unspecified atom stereocenters. The summed E-state index contributed by atoms with van der Waals surface area (Å²) in [4.78, 5) is 14.5. The summed E-state index contributed by atoms with van der Waals surface area (Å²) in [6, 6.07) is 4.94. The summed E-state index contributed by atoms with van der Waals surface area (Å²) in [5.41, 5.74) is -0.270. The quantitative estimate of drug-likeness (QED) is 0.142. The van der Waals surface area contributed by atoms with Crippen LogP contribution < -0.4 is 15.4 Å². The molecule has 0 aliphatic heterocycles. The monoisotopic (exact) mass is 427 g/mol. The number of guanidine groups is 1. The van der Waals surface area contributed by atoms with E-state index >= 15 is 0 Å². The van der Waals surface area contributed by atoms with Gasteiger partial charge < -0.3 is 15.4 Å². The molecule has 1 aromatic rings. The van der Waals surface area contributed by atoms with Gasteiger partial charge in [-0.15, -0.1) is 0 Å². The number of aliphatic imine (C=N–C) groups is 1. The Kier molecular flexibility index (Phi) is 9.29. The first-order chi connectivity index (χ1) is 13.9. The molecule has 3 N–H and O–H groups in total. The lowest BCUT2D eigenvalue weighted by atomic mass is 10.3. The Balaban J connectivity index is 1.72. The lowest BCUT2D eigenvalue weighted by Gasteiger charge is -2.12. The van der Waals surface area contributed by atoms with E-state index in [2.05, 4.69) is 20.3 Å². The zero-order valence-corrected chi connectivity index (χ0v) is 17.4. The Bertz CT molecular complexity index is 796. The number of rotatable bonds is 13. The smallest absolute Gasteiger partial charge is 0.270 e. The Morgan fingerprint density at radius 3 is 2.79 bits per heavy atom. The molecule has 0 spiro atoms. The number of benzene rings is 1. The van der Waals surface area contributed by atoms with E-state index in [0.717, 1.165) is 25.0 Å². The van der Waals surface area contributed by atoms with Crippen LogP contribution in [0.4, 0.5) is 5.69 Å². The number of sulfonamides is 1. The average molecular weight is 428 g/mol. The lowest BCUT2D eigenvalue weighted by Crippen LogP contribution is -2.41. The summed E-state index contributed by atoms with van der Waals surface area (Å²) < 4.78 is 32.6. The largest absolute Gasteiger partial charge is 0.381 e. The van der Waals surface area contributed by atoms with Gasteiger partial charge in [-0.05, 0) is 38.2 Å². The SMILES string of the molecule is CCNC(=NCCCOCC1CC1)NCCNS(=O)(=O)c1cccc([N+](=O)[O-])c1. The van der Waals surface area contributed by atoms with Crippen molar-refractivity contribution >= 4 is 21.7 Å². The Hall–Kier alpha value is -2.24. The van der Waals surface area contributed by atoms with Gasteiger partial charge in [-0.3, -0.25) is 15.1 Å². The summed E-state index contributed by atoms with van der Waals surface area (Å²) >= 11 is 0. The summed E-state index contributed by atoms with van der Waals surface area (Å²) in [7, 11) is -3.83. The van der Waals surface area contributed by atoms with E-state index in [0.29, 0.717) is 32.2 Å². The van der Waals surface area contributed by atoms with Gasteiger partial charge in [0.05, 0.1) is 9.82 Å². The third-order valence-electron chi connectivity index (χ3n) is 4.16. The minimum atomic E-state index is -3.83. The minimum absolute atomic E-state index is 0.111. The number of hydrogen-bond acceptors (Lipinski definition) is 6. The van der Waals surface area contributed by atoms with Crippen molar-refractivity contribution in [1.82, 2.24) is 15.4 Å². The topological polar surface area (TPSA) is 135 Å². The van der Waals surface area contributed by atoms with E-state index in [1.54, 1.807) is 0 Å². The van der Waals surface area contributed by atoms with Crippen LogP contribution in [0.1, 0.15) is 26.2 Å². The average Bonchev–Trinajstić information content (AvgIpc) is 3.52. The molecule has 1 aromatic carbocycles. The summed E-state index contributed by atoms with van der Waals surface area (Å²) in [5, 5.41) is 17.0. The highest BCUT2D eigenvalue weighted by Crippen LogP contribution is 2.28. The summed E-state index contributed by atoms with van der Waals surface area (Å²) in [6.07, 6.45) is 3.37. The highest BCUT2D eigenvalue weighted by molar-refractivity contribution is 7.89. The first kappa shape index (κ1) is 23.0. The van der Waals surface area contributed by atoms with Crippen molar-refractivity contribution in [3.63, 3.8) is 0 Å². The molecule has 1 fully saturated rings. The molecular weight excluding hydrogens is 398 g/mol. The lowest BCUT2D eigenvalue weighted by molar-refractivity contribution is -0.385. The Morgan fingerprint density at radius 2 is 2.10 bits per heavy atom. The maximum absolute atomic E-state index is 12.3. The second-order valence-electron chi connectivity index (χ2n) is 6.71. The summed E-state index contributed by atoms with van der Waals surface area (Å²) in [5.74, 6) is 1.35. The van der Waals surface area contributed by atoms with Crippen LogP contribution in [0.3, 0.4) is 0 Å². The maximum Gasteiger partial charge on any atom is 0.270 e. The van der Waals surface area contributed by atoms with Gasteiger partial charge in [0.15, 0.2) is 5.96 Å². The highest BCUT2D eigenvalue weighted by Gasteiger charge is 2.20. The zero-order valence-electron chi connectivity index (χ0n) is 16.6. The fourth-order valence-electron chi connectivity index (χ4n) is 2.45. The van der Waals surface area contributed by atoms with Crippen LogP contribution in [-0.4, -0.2) is 58.7 Å². The molecule has 0 saturated heterocycles. The fraction of sp³-hybridized carbons (Fsp3) is 0.611. The van der Waals surface area contributed by atoms with Gasteiger partial charge in [0.25, 0.3) is 5.69 Å². The van der Waals surface area contributed by atoms with Crippen molar-refractivity contribution < 1.29 is 18.1 Å². The normalized spacial score (nSPS) is 14.6. The fourth-order valence-corrected chi connectivity index (χ4v) is 3.52. The summed E-state index contributed by atoms with van der Waals surface area (Å²) in [6.45, 7) is 5.19. The first-order valence-corrected chi connectivity index (χ1v) is 11.2. The van der Waals surface area contributed by atoms with Gasteiger partial charge in [-0.2, -0.15) is 0 Å². The van der Waals surface area contributed by atoms with Gasteiger partial charge >= 0.3 is 0 Å². The van der Waals surface area contributed by atoms with Gasteiger partial charge in [0.2, 0.25) is 10.0 Å². The molecule has 1 saturated carbocycles. The van der Waals surface area contributed by atoms with Crippen LogP contribution >= 0.6 is 0 Å². The van der Waals surface area contributed by atoms with Crippen LogP contribution in [0.2, 0.25) is 0 Å². The molecule has 2 rings (SSSR count). The zero-order chi connectivity index (χ0) is 21.1. The minimum Gasteiger partial charge on any atom is -0.381 e. The number of nitro groups is 1. The molecule has 0 heterocycles. The number of ether oxygens (including phenoxy) is 1. The van der Waals surface area contributed by atoms with Gasteiger partial charge in [-0.25, -0.2) is 13.1 Å². The molecule has 0 radical (unpaired) electrons. The number of non-ortho nitro benzene ring substituents is 1. The van der Waals surface area contributed by atoms with Crippen molar-refractivity contribution in [2.45, 2.75) is 31.1 Å². The van der Waals surface area contributed by atoms with E-state index in [1.165, 1.54) is 31.0 Å². The molecule has 0 amide bonds. The van der Waals surface area contributed by atoms with E-state index in [1.807, 2.05) is 6.92 Å². The van der Waals surface area contributed by atoms with Crippen LogP contribution in [0.5, 0.6) is 0 Å². The molecule has 0 bridgehead atoms. The second-order valence-corrected chi connectivity index (χ2v) is 8.48. The molecule has 0 aromatic heterocycles. The molecule has 10 nitrogen and oxygen atoms in total. The molecule has 162 valence electrons. The molecule has 1 aliphatic rings. The van der Waals surface area contributed by atoms with E-state index < -0.39 is 14.9 Å². The van der Waals surface area contributed by atoms with Gasteiger partial charge in [-0.1, -0.05) is 6.07 Å². The molecule has 0 atom stereocenters. The predicted octanol–water partition coefficient (Wildman–Crippen LogP) is 1.24.